The van der Waals surface area contributed by atoms with Gasteiger partial charge in [0.15, 0.2) is 0 Å². The molecule has 2 atom stereocenters. The zero-order chi connectivity index (χ0) is 21.1. The Labute approximate surface area is 180 Å². The minimum absolute atomic E-state index is 0.0165. The van der Waals surface area contributed by atoms with E-state index in [-0.39, 0.29) is 23.3 Å². The molecule has 0 fully saturated rings. The largest absolute Gasteiger partial charge is 0.313 e. The van der Waals surface area contributed by atoms with E-state index in [0.717, 1.165) is 46.5 Å². The first-order valence-electron chi connectivity index (χ1n) is 10.4. The first-order chi connectivity index (χ1) is 14.6. The van der Waals surface area contributed by atoms with Crippen molar-refractivity contribution in [2.45, 2.75) is 45.1 Å². The van der Waals surface area contributed by atoms with Gasteiger partial charge in [0, 0.05) is 28.8 Å². The Balaban J connectivity index is 1.70. The summed E-state index contributed by atoms with van der Waals surface area (Å²) < 4.78 is 18.0. The number of hydrogen-bond donors (Lipinski definition) is 2. The van der Waals surface area contributed by atoms with Gasteiger partial charge in [0.1, 0.15) is 5.82 Å². The van der Waals surface area contributed by atoms with Crippen LogP contribution in [0.5, 0.6) is 0 Å². The lowest BCUT2D eigenvalue weighted by Gasteiger charge is -2.32. The summed E-state index contributed by atoms with van der Waals surface area (Å²) in [5, 5.41) is 0. The van der Waals surface area contributed by atoms with E-state index in [0.29, 0.717) is 12.0 Å². The van der Waals surface area contributed by atoms with Gasteiger partial charge in [-0.1, -0.05) is 54.8 Å². The van der Waals surface area contributed by atoms with E-state index in [4.69, 9.17) is 0 Å². The molecule has 30 heavy (non-hydrogen) atoms. The Bertz CT molecular complexity index is 1100. The second-order valence-corrected chi connectivity index (χ2v) is 8.88. The van der Waals surface area contributed by atoms with Crippen molar-refractivity contribution >= 4 is 11.9 Å². The van der Waals surface area contributed by atoms with Crippen LogP contribution in [0.15, 0.2) is 53.6 Å². The minimum atomic E-state index is -0.222. The number of aryl methyl sites for hydroxylation is 2. The number of aromatic nitrogens is 2. The maximum absolute atomic E-state index is 14.4. The maximum atomic E-state index is 14.4. The van der Waals surface area contributed by atoms with Crippen molar-refractivity contribution in [3.63, 3.8) is 0 Å². The van der Waals surface area contributed by atoms with Crippen molar-refractivity contribution in [2.75, 3.05) is 5.75 Å². The average molecular weight is 424 g/mol. The predicted octanol–water partition coefficient (Wildman–Crippen LogP) is 4.78. The summed E-state index contributed by atoms with van der Waals surface area (Å²) in [6, 6.07) is 13.4. The fraction of sp³-hybridized carbons (Fsp3) is 0.333. The second kappa shape index (κ2) is 9.14. The van der Waals surface area contributed by atoms with Gasteiger partial charge in [-0.25, -0.2) is 9.37 Å². The third-order valence-corrected chi connectivity index (χ3v) is 6.47. The van der Waals surface area contributed by atoms with Gasteiger partial charge in [-0.05, 0) is 49.4 Å². The van der Waals surface area contributed by atoms with E-state index < -0.39 is 0 Å². The van der Waals surface area contributed by atoms with Crippen LogP contribution in [0.25, 0.3) is 11.1 Å². The predicted molar refractivity (Wildman–Crippen MR) is 121 cm³/mol. The van der Waals surface area contributed by atoms with Crippen LogP contribution < -0.4 is 10.3 Å². The number of H-pyrrole nitrogens is 1. The molecule has 2 unspecified atom stereocenters. The van der Waals surface area contributed by atoms with Crippen molar-refractivity contribution in [3.8, 4) is 11.1 Å². The molecule has 4 rings (SSSR count). The smallest absolute Gasteiger partial charge is 0.254 e. The van der Waals surface area contributed by atoms with Gasteiger partial charge in [-0.15, -0.1) is 0 Å². The Morgan fingerprint density at radius 2 is 2.13 bits per heavy atom. The molecule has 0 saturated carbocycles. The SMILES string of the molecule is CCSNC1CCc2nc[nH]c(=O)c2C1Cc1cccc(-c2cc(C)ccc2F)c1. The highest BCUT2D eigenvalue weighted by Crippen LogP contribution is 2.33. The summed E-state index contributed by atoms with van der Waals surface area (Å²) >= 11 is 1.68. The van der Waals surface area contributed by atoms with E-state index >= 15 is 0 Å². The monoisotopic (exact) mass is 423 g/mol. The summed E-state index contributed by atoms with van der Waals surface area (Å²) in [4.78, 5) is 19.9. The number of benzene rings is 2. The van der Waals surface area contributed by atoms with Crippen molar-refractivity contribution in [1.29, 1.82) is 0 Å². The maximum Gasteiger partial charge on any atom is 0.254 e. The Morgan fingerprint density at radius 1 is 1.27 bits per heavy atom. The van der Waals surface area contributed by atoms with Crippen LogP contribution in [0.3, 0.4) is 0 Å². The van der Waals surface area contributed by atoms with Crippen LogP contribution in [0.2, 0.25) is 0 Å². The van der Waals surface area contributed by atoms with Crippen LogP contribution in [0, 0.1) is 12.7 Å². The third kappa shape index (κ3) is 4.35. The molecule has 1 aliphatic rings. The molecule has 0 aliphatic heterocycles. The Kier molecular flexibility index (Phi) is 6.35. The number of fused-ring (bicyclic) bond motifs is 1. The molecule has 6 heteroatoms. The van der Waals surface area contributed by atoms with Crippen LogP contribution in [-0.2, 0) is 12.8 Å². The molecule has 156 valence electrons. The van der Waals surface area contributed by atoms with Crippen LogP contribution in [0.1, 0.15) is 41.6 Å². The first-order valence-corrected chi connectivity index (χ1v) is 11.3. The van der Waals surface area contributed by atoms with E-state index in [1.807, 2.05) is 31.2 Å². The van der Waals surface area contributed by atoms with Crippen molar-refractivity contribution in [1.82, 2.24) is 14.7 Å². The molecule has 2 aromatic carbocycles. The lowest BCUT2D eigenvalue weighted by atomic mass is 9.78. The lowest BCUT2D eigenvalue weighted by molar-refractivity contribution is 0.435. The summed E-state index contributed by atoms with van der Waals surface area (Å²) in [6.45, 7) is 4.07. The van der Waals surface area contributed by atoms with E-state index in [1.54, 1.807) is 18.0 Å². The highest BCUT2D eigenvalue weighted by Gasteiger charge is 2.32. The molecule has 1 aliphatic carbocycles. The molecule has 0 bridgehead atoms. The Morgan fingerprint density at radius 3 is 2.97 bits per heavy atom. The van der Waals surface area contributed by atoms with E-state index in [2.05, 4.69) is 27.7 Å². The highest BCUT2D eigenvalue weighted by molar-refractivity contribution is 7.97. The molecular weight excluding hydrogens is 397 g/mol. The summed E-state index contributed by atoms with van der Waals surface area (Å²) in [5.41, 5.74) is 5.20. The molecule has 3 aromatic rings. The lowest BCUT2D eigenvalue weighted by Crippen LogP contribution is -2.40. The van der Waals surface area contributed by atoms with Crippen LogP contribution in [0.4, 0.5) is 4.39 Å². The fourth-order valence-electron chi connectivity index (χ4n) is 4.28. The second-order valence-electron chi connectivity index (χ2n) is 7.78. The van der Waals surface area contributed by atoms with Gasteiger partial charge in [0.2, 0.25) is 0 Å². The van der Waals surface area contributed by atoms with Crippen LogP contribution >= 0.6 is 11.9 Å². The summed E-state index contributed by atoms with van der Waals surface area (Å²) in [5.74, 6) is 0.754. The molecule has 0 radical (unpaired) electrons. The van der Waals surface area contributed by atoms with Crippen molar-refractivity contribution < 1.29 is 4.39 Å². The summed E-state index contributed by atoms with van der Waals surface area (Å²) in [6.07, 6.45) is 3.93. The van der Waals surface area contributed by atoms with Gasteiger partial charge in [0.05, 0.1) is 12.0 Å². The number of rotatable bonds is 6. The summed E-state index contributed by atoms with van der Waals surface area (Å²) in [7, 11) is 0. The topological polar surface area (TPSA) is 57.8 Å². The molecule has 0 amide bonds. The van der Waals surface area contributed by atoms with Gasteiger partial charge in [0.25, 0.3) is 5.56 Å². The van der Waals surface area contributed by atoms with Crippen molar-refractivity contribution in [3.05, 3.63) is 87.3 Å². The minimum Gasteiger partial charge on any atom is -0.313 e. The molecule has 2 N–H and O–H groups in total. The molecular formula is C24H26FN3OS. The molecule has 0 saturated heterocycles. The zero-order valence-electron chi connectivity index (χ0n) is 17.2. The number of aromatic amines is 1. The van der Waals surface area contributed by atoms with Gasteiger partial charge in [-0.2, -0.15) is 0 Å². The third-order valence-electron chi connectivity index (χ3n) is 5.71. The Hall–Kier alpha value is -2.44. The molecule has 1 aromatic heterocycles. The normalized spacial score (nSPS) is 18.2. The average Bonchev–Trinajstić information content (AvgIpc) is 2.75. The van der Waals surface area contributed by atoms with Crippen LogP contribution in [-0.4, -0.2) is 21.8 Å². The fourth-order valence-corrected chi connectivity index (χ4v) is 4.94. The number of halogens is 1. The number of nitrogens with zero attached hydrogens (tertiary/aromatic N) is 1. The van der Waals surface area contributed by atoms with Crippen molar-refractivity contribution in [2.24, 2.45) is 0 Å². The standard InChI is InChI=1S/C24H26FN3OS/c1-3-30-28-21-9-10-22-23(24(29)27-14-26-22)19(21)13-16-5-4-6-17(12-16)18-11-15(2)7-8-20(18)25/h4-8,11-12,14,19,21,28H,3,9-10,13H2,1-2H3,(H,26,27,29). The van der Waals surface area contributed by atoms with E-state index in [1.165, 1.54) is 12.4 Å². The van der Waals surface area contributed by atoms with Gasteiger partial charge < -0.3 is 4.98 Å². The molecule has 4 nitrogen and oxygen atoms in total. The van der Waals surface area contributed by atoms with E-state index in [9.17, 15) is 9.18 Å². The zero-order valence-corrected chi connectivity index (χ0v) is 18.1. The molecule has 1 heterocycles. The van der Waals surface area contributed by atoms with Gasteiger partial charge in [-0.3, -0.25) is 9.52 Å². The first kappa shape index (κ1) is 20.8. The molecule has 0 spiro atoms. The quantitative estimate of drug-likeness (QED) is 0.560. The number of nitrogens with one attached hydrogen (secondary N) is 2. The van der Waals surface area contributed by atoms with Gasteiger partial charge >= 0.3 is 0 Å². The highest BCUT2D eigenvalue weighted by atomic mass is 32.2. The number of hydrogen-bond acceptors (Lipinski definition) is 4.